The smallest absolute Gasteiger partial charge is 0.221 e. The third kappa shape index (κ3) is 3.36. The highest BCUT2D eigenvalue weighted by Crippen LogP contribution is 2.19. The molecule has 6 heteroatoms. The lowest BCUT2D eigenvalue weighted by molar-refractivity contribution is -0.113. The maximum atomic E-state index is 11.4. The number of imidazole rings is 1. The van der Waals surface area contributed by atoms with Crippen LogP contribution in [0.4, 0.5) is 5.95 Å². The minimum Gasteiger partial charge on any atom is -0.512 e. The van der Waals surface area contributed by atoms with Gasteiger partial charge in [-0.2, -0.15) is 5.10 Å². The van der Waals surface area contributed by atoms with Gasteiger partial charge in [-0.15, -0.1) is 0 Å². The van der Waals surface area contributed by atoms with Gasteiger partial charge in [0, 0.05) is 5.56 Å². The standard InChI is InChI=1S/C15H16N4O2/c1-10(20)13(11(2)21)8-17-19-9-14(18-15(19)16)12-6-4-3-5-7-12/h3-9,20H,1-2H3,(H2,16,18)/b13-10-,17-8+. The first-order valence-electron chi connectivity index (χ1n) is 6.34. The van der Waals surface area contributed by atoms with Gasteiger partial charge in [-0.1, -0.05) is 30.3 Å². The van der Waals surface area contributed by atoms with E-state index in [1.165, 1.54) is 24.7 Å². The normalized spacial score (nSPS) is 12.5. The number of carbonyl (C=O) groups is 1. The van der Waals surface area contributed by atoms with Crippen molar-refractivity contribution >= 4 is 17.9 Å². The van der Waals surface area contributed by atoms with Gasteiger partial charge in [-0.05, 0) is 13.8 Å². The number of hydrogen-bond acceptors (Lipinski definition) is 5. The molecule has 2 rings (SSSR count). The zero-order valence-electron chi connectivity index (χ0n) is 11.8. The van der Waals surface area contributed by atoms with E-state index in [1.54, 1.807) is 6.20 Å². The number of ketones is 1. The molecule has 3 N–H and O–H groups in total. The Bertz CT molecular complexity index is 711. The van der Waals surface area contributed by atoms with Crippen LogP contribution in [0, 0.1) is 0 Å². The zero-order valence-corrected chi connectivity index (χ0v) is 11.8. The molecular formula is C15H16N4O2. The van der Waals surface area contributed by atoms with Crippen LogP contribution in [-0.2, 0) is 4.79 Å². The number of hydrogen-bond donors (Lipinski definition) is 2. The Morgan fingerprint density at radius 3 is 2.57 bits per heavy atom. The summed E-state index contributed by atoms with van der Waals surface area (Å²) in [6, 6.07) is 9.54. The second-order valence-corrected chi connectivity index (χ2v) is 4.49. The third-order valence-electron chi connectivity index (χ3n) is 2.86. The first kappa shape index (κ1) is 14.5. The molecule has 0 fully saturated rings. The van der Waals surface area contributed by atoms with Crippen molar-refractivity contribution in [1.29, 1.82) is 0 Å². The molecule has 0 saturated heterocycles. The zero-order chi connectivity index (χ0) is 15.4. The molecule has 1 heterocycles. The van der Waals surface area contributed by atoms with Crippen molar-refractivity contribution in [2.24, 2.45) is 5.10 Å². The Morgan fingerprint density at radius 2 is 2.00 bits per heavy atom. The molecule has 6 nitrogen and oxygen atoms in total. The molecule has 0 atom stereocenters. The molecule has 21 heavy (non-hydrogen) atoms. The number of rotatable bonds is 4. The monoisotopic (exact) mass is 284 g/mol. The fourth-order valence-corrected chi connectivity index (χ4v) is 1.78. The van der Waals surface area contributed by atoms with Gasteiger partial charge in [-0.3, -0.25) is 4.79 Å². The van der Waals surface area contributed by atoms with Gasteiger partial charge in [0.25, 0.3) is 0 Å². The molecule has 1 aromatic carbocycles. The summed E-state index contributed by atoms with van der Waals surface area (Å²) in [5, 5.41) is 13.5. The molecule has 0 saturated carbocycles. The van der Waals surface area contributed by atoms with Crippen LogP contribution in [0.25, 0.3) is 11.3 Å². The highest BCUT2D eigenvalue weighted by atomic mass is 16.3. The lowest BCUT2D eigenvalue weighted by Crippen LogP contribution is -2.04. The van der Waals surface area contributed by atoms with Gasteiger partial charge in [0.15, 0.2) is 5.78 Å². The van der Waals surface area contributed by atoms with Crippen LogP contribution < -0.4 is 5.73 Å². The van der Waals surface area contributed by atoms with E-state index in [0.717, 1.165) is 5.56 Å². The molecule has 0 aliphatic heterocycles. The summed E-state index contributed by atoms with van der Waals surface area (Å²) in [6.45, 7) is 2.78. The fourth-order valence-electron chi connectivity index (χ4n) is 1.78. The molecule has 0 radical (unpaired) electrons. The van der Waals surface area contributed by atoms with Crippen molar-refractivity contribution in [1.82, 2.24) is 9.66 Å². The van der Waals surface area contributed by atoms with Crippen molar-refractivity contribution in [2.45, 2.75) is 13.8 Å². The summed E-state index contributed by atoms with van der Waals surface area (Å²) in [5.41, 5.74) is 7.52. The van der Waals surface area contributed by atoms with E-state index in [9.17, 15) is 9.90 Å². The Labute approximate surface area is 122 Å². The molecule has 0 spiro atoms. The number of Topliss-reactive ketones (excluding diaryl/α,β-unsaturated/α-hetero) is 1. The highest BCUT2D eigenvalue weighted by Gasteiger charge is 2.08. The molecule has 1 aromatic heterocycles. The number of anilines is 1. The molecule has 0 aliphatic rings. The summed E-state index contributed by atoms with van der Waals surface area (Å²) >= 11 is 0. The van der Waals surface area contributed by atoms with Crippen molar-refractivity contribution in [3.8, 4) is 11.3 Å². The number of nitrogens with two attached hydrogens (primary N) is 1. The highest BCUT2D eigenvalue weighted by molar-refractivity contribution is 6.12. The summed E-state index contributed by atoms with van der Waals surface area (Å²) in [5.74, 6) is -0.169. The van der Waals surface area contributed by atoms with Gasteiger partial charge >= 0.3 is 0 Å². The average molecular weight is 284 g/mol. The van der Waals surface area contributed by atoms with Gasteiger partial charge in [0.2, 0.25) is 5.95 Å². The maximum absolute atomic E-state index is 11.4. The number of carbonyl (C=O) groups excluding carboxylic acids is 1. The number of aliphatic hydroxyl groups excluding tert-OH is 1. The molecule has 0 aliphatic carbocycles. The molecule has 2 aromatic rings. The lowest BCUT2D eigenvalue weighted by Gasteiger charge is -1.98. The molecular weight excluding hydrogens is 268 g/mol. The Morgan fingerprint density at radius 1 is 1.33 bits per heavy atom. The van der Waals surface area contributed by atoms with E-state index < -0.39 is 0 Å². The quantitative estimate of drug-likeness (QED) is 0.512. The number of nitrogens with zero attached hydrogens (tertiary/aromatic N) is 3. The van der Waals surface area contributed by atoms with E-state index >= 15 is 0 Å². The van der Waals surface area contributed by atoms with Crippen LogP contribution in [0.1, 0.15) is 13.8 Å². The SMILES string of the molecule is CC(=O)C(/C=N/n1cc(-c2ccccc2)nc1N)=C(/C)O. The second-order valence-electron chi connectivity index (χ2n) is 4.49. The number of nitrogen functional groups attached to an aromatic ring is 1. The second kappa shape index (κ2) is 6.04. The van der Waals surface area contributed by atoms with Crippen LogP contribution in [0.3, 0.4) is 0 Å². The van der Waals surface area contributed by atoms with E-state index in [1.807, 2.05) is 30.3 Å². The predicted octanol–water partition coefficient (Wildman–Crippen LogP) is 2.39. The average Bonchev–Trinajstić information content (AvgIpc) is 2.81. The van der Waals surface area contributed by atoms with Gasteiger partial charge in [-0.25, -0.2) is 9.66 Å². The Kier molecular flexibility index (Phi) is 4.18. The number of allylic oxidation sites excluding steroid dienone is 2. The van der Waals surface area contributed by atoms with Gasteiger partial charge < -0.3 is 10.8 Å². The van der Waals surface area contributed by atoms with E-state index in [0.29, 0.717) is 5.69 Å². The first-order valence-corrected chi connectivity index (χ1v) is 6.34. The summed E-state index contributed by atoms with van der Waals surface area (Å²) in [4.78, 5) is 15.6. The van der Waals surface area contributed by atoms with Crippen molar-refractivity contribution in [2.75, 3.05) is 5.73 Å². The fraction of sp³-hybridized carbons (Fsp3) is 0.133. The van der Waals surface area contributed by atoms with Gasteiger partial charge in [0.1, 0.15) is 5.76 Å². The molecule has 0 unspecified atom stereocenters. The number of aliphatic hydroxyl groups is 1. The van der Waals surface area contributed by atoms with E-state index in [-0.39, 0.29) is 23.1 Å². The topological polar surface area (TPSA) is 93.5 Å². The van der Waals surface area contributed by atoms with Crippen LogP contribution >= 0.6 is 0 Å². The largest absolute Gasteiger partial charge is 0.512 e. The van der Waals surface area contributed by atoms with Crippen LogP contribution in [0.5, 0.6) is 0 Å². The minimum atomic E-state index is -0.277. The van der Waals surface area contributed by atoms with Crippen LogP contribution in [0.15, 0.2) is 53.0 Å². The summed E-state index contributed by atoms with van der Waals surface area (Å²) < 4.78 is 1.36. The predicted molar refractivity (Wildman–Crippen MR) is 82.0 cm³/mol. The van der Waals surface area contributed by atoms with E-state index in [4.69, 9.17) is 5.73 Å². The first-order chi connectivity index (χ1) is 9.99. The lowest BCUT2D eigenvalue weighted by atomic mass is 10.2. The molecule has 0 bridgehead atoms. The molecule has 108 valence electrons. The number of aromatic nitrogens is 2. The van der Waals surface area contributed by atoms with Crippen molar-refractivity contribution in [3.63, 3.8) is 0 Å². The van der Waals surface area contributed by atoms with Crippen molar-refractivity contribution < 1.29 is 9.90 Å². The maximum Gasteiger partial charge on any atom is 0.221 e. The van der Waals surface area contributed by atoms with Crippen LogP contribution in [0.2, 0.25) is 0 Å². The number of benzene rings is 1. The Hall–Kier alpha value is -2.89. The third-order valence-corrected chi connectivity index (χ3v) is 2.86. The summed E-state index contributed by atoms with van der Waals surface area (Å²) in [7, 11) is 0. The summed E-state index contributed by atoms with van der Waals surface area (Å²) in [6.07, 6.45) is 2.93. The molecule has 0 amide bonds. The Balaban J connectivity index is 2.33. The van der Waals surface area contributed by atoms with Gasteiger partial charge in [0.05, 0.1) is 23.7 Å². The van der Waals surface area contributed by atoms with Crippen molar-refractivity contribution in [3.05, 3.63) is 47.9 Å². The van der Waals surface area contributed by atoms with E-state index in [2.05, 4.69) is 10.1 Å². The van der Waals surface area contributed by atoms with Crippen LogP contribution in [-0.4, -0.2) is 26.8 Å². The minimum absolute atomic E-state index is 0.0896.